The Morgan fingerprint density at radius 2 is 1.88 bits per heavy atom. The summed E-state index contributed by atoms with van der Waals surface area (Å²) in [5.41, 5.74) is -1.93. The van der Waals surface area contributed by atoms with E-state index in [2.05, 4.69) is 6.58 Å². The van der Waals surface area contributed by atoms with Crippen LogP contribution in [0, 0.1) is 5.82 Å². The molecular formula is C11H8F4O. The molecule has 0 atom stereocenters. The average molecular weight is 232 g/mol. The van der Waals surface area contributed by atoms with E-state index < -0.39 is 28.9 Å². The number of carbonyl (C=O) groups is 1. The summed E-state index contributed by atoms with van der Waals surface area (Å²) in [7, 11) is 0. The normalized spacial score (nSPS) is 11.3. The summed E-state index contributed by atoms with van der Waals surface area (Å²) < 4.78 is 50.3. The quantitative estimate of drug-likeness (QED) is 0.432. The average Bonchev–Trinajstić information content (AvgIpc) is 2.14. The summed E-state index contributed by atoms with van der Waals surface area (Å²) in [5.74, 6) is -1.80. The molecule has 5 heteroatoms. The molecule has 0 saturated heterocycles. The molecule has 0 saturated carbocycles. The van der Waals surface area contributed by atoms with Gasteiger partial charge in [-0.15, -0.1) is 0 Å². The molecule has 1 aromatic rings. The van der Waals surface area contributed by atoms with Crippen LogP contribution >= 0.6 is 0 Å². The van der Waals surface area contributed by atoms with Crippen LogP contribution in [-0.2, 0) is 6.18 Å². The minimum absolute atomic E-state index is 0.0731. The predicted octanol–water partition coefficient (Wildman–Crippen LogP) is 3.60. The van der Waals surface area contributed by atoms with Gasteiger partial charge in [0.25, 0.3) is 0 Å². The third kappa shape index (κ3) is 2.48. The van der Waals surface area contributed by atoms with E-state index >= 15 is 0 Å². The number of hydrogen-bond donors (Lipinski definition) is 0. The lowest BCUT2D eigenvalue weighted by molar-refractivity contribution is -0.137. The SMILES string of the molecule is C=C(C)C(=O)c1cc(F)ccc1C(F)(F)F. The molecule has 0 aliphatic heterocycles. The largest absolute Gasteiger partial charge is 0.417 e. The molecule has 86 valence electrons. The minimum Gasteiger partial charge on any atom is -0.289 e. The fourth-order valence-electron chi connectivity index (χ4n) is 1.18. The molecule has 1 aromatic carbocycles. The van der Waals surface area contributed by atoms with Gasteiger partial charge >= 0.3 is 6.18 Å². The summed E-state index contributed by atoms with van der Waals surface area (Å²) in [6.45, 7) is 4.52. The highest BCUT2D eigenvalue weighted by molar-refractivity contribution is 6.08. The lowest BCUT2D eigenvalue weighted by Crippen LogP contribution is -2.13. The van der Waals surface area contributed by atoms with Crippen molar-refractivity contribution in [1.82, 2.24) is 0 Å². The van der Waals surface area contributed by atoms with E-state index in [9.17, 15) is 22.4 Å². The number of halogens is 4. The third-order valence-corrected chi connectivity index (χ3v) is 1.92. The predicted molar refractivity (Wildman–Crippen MR) is 50.5 cm³/mol. The van der Waals surface area contributed by atoms with Gasteiger partial charge in [-0.3, -0.25) is 4.79 Å². The van der Waals surface area contributed by atoms with Gasteiger partial charge in [0.2, 0.25) is 0 Å². The molecule has 0 fully saturated rings. The molecule has 0 bridgehead atoms. The number of alkyl halides is 3. The van der Waals surface area contributed by atoms with E-state index in [1.165, 1.54) is 6.92 Å². The molecule has 0 unspecified atom stereocenters. The van der Waals surface area contributed by atoms with Crippen LogP contribution in [0.1, 0.15) is 22.8 Å². The van der Waals surface area contributed by atoms with Gasteiger partial charge in [-0.2, -0.15) is 13.2 Å². The zero-order valence-corrected chi connectivity index (χ0v) is 8.36. The standard InChI is InChI=1S/C11H8F4O/c1-6(2)10(16)8-5-7(12)3-4-9(8)11(13,14)15/h3-5H,1H2,2H3. The molecular weight excluding hydrogens is 224 g/mol. The van der Waals surface area contributed by atoms with Gasteiger partial charge in [0, 0.05) is 5.56 Å². The molecule has 0 amide bonds. The van der Waals surface area contributed by atoms with Crippen LogP contribution < -0.4 is 0 Å². The number of benzene rings is 1. The number of ketones is 1. The highest BCUT2D eigenvalue weighted by Crippen LogP contribution is 2.33. The van der Waals surface area contributed by atoms with Crippen molar-refractivity contribution in [3.05, 3.63) is 47.3 Å². The van der Waals surface area contributed by atoms with Crippen LogP contribution in [0.15, 0.2) is 30.4 Å². The summed E-state index contributed by atoms with van der Waals surface area (Å²) in [4.78, 5) is 11.4. The van der Waals surface area contributed by atoms with Gasteiger partial charge in [0.1, 0.15) is 5.82 Å². The van der Waals surface area contributed by atoms with E-state index in [-0.39, 0.29) is 5.57 Å². The Balaban J connectivity index is 3.41. The Morgan fingerprint density at radius 3 is 2.31 bits per heavy atom. The summed E-state index contributed by atoms with van der Waals surface area (Å²) >= 11 is 0. The van der Waals surface area contributed by atoms with Gasteiger partial charge in [-0.1, -0.05) is 6.58 Å². The van der Waals surface area contributed by atoms with Crippen molar-refractivity contribution >= 4 is 5.78 Å². The van der Waals surface area contributed by atoms with Crippen molar-refractivity contribution in [3.63, 3.8) is 0 Å². The molecule has 1 nitrogen and oxygen atoms in total. The van der Waals surface area contributed by atoms with Gasteiger partial charge in [-0.25, -0.2) is 4.39 Å². The zero-order valence-electron chi connectivity index (χ0n) is 8.36. The van der Waals surface area contributed by atoms with E-state index in [1.54, 1.807) is 0 Å². The van der Waals surface area contributed by atoms with Crippen LogP contribution in [0.2, 0.25) is 0 Å². The van der Waals surface area contributed by atoms with Crippen molar-refractivity contribution < 1.29 is 22.4 Å². The van der Waals surface area contributed by atoms with Crippen LogP contribution in [0.5, 0.6) is 0 Å². The Bertz CT molecular complexity index is 446. The second-order valence-electron chi connectivity index (χ2n) is 3.30. The van der Waals surface area contributed by atoms with E-state index in [0.717, 1.165) is 0 Å². The van der Waals surface area contributed by atoms with Crippen molar-refractivity contribution in [3.8, 4) is 0 Å². The number of carbonyl (C=O) groups excluding carboxylic acids is 1. The van der Waals surface area contributed by atoms with Crippen LogP contribution in [0.3, 0.4) is 0 Å². The number of Topliss-reactive ketones (excluding diaryl/α,β-unsaturated/α-hetero) is 1. The zero-order chi connectivity index (χ0) is 12.5. The number of hydrogen-bond acceptors (Lipinski definition) is 1. The number of rotatable bonds is 2. The molecule has 0 aliphatic rings. The lowest BCUT2D eigenvalue weighted by Gasteiger charge is -2.11. The maximum Gasteiger partial charge on any atom is 0.417 e. The maximum atomic E-state index is 12.8. The lowest BCUT2D eigenvalue weighted by atomic mass is 9.99. The second kappa shape index (κ2) is 4.08. The smallest absolute Gasteiger partial charge is 0.289 e. The summed E-state index contributed by atoms with van der Waals surface area (Å²) in [6.07, 6.45) is -4.69. The van der Waals surface area contributed by atoms with Gasteiger partial charge in [-0.05, 0) is 30.7 Å². The Labute approximate surface area is 89.4 Å². The first-order valence-electron chi connectivity index (χ1n) is 4.30. The van der Waals surface area contributed by atoms with Gasteiger partial charge in [0.05, 0.1) is 5.56 Å². The van der Waals surface area contributed by atoms with Crippen molar-refractivity contribution in [1.29, 1.82) is 0 Å². The monoisotopic (exact) mass is 232 g/mol. The molecule has 0 aromatic heterocycles. The maximum absolute atomic E-state index is 12.8. The Morgan fingerprint density at radius 1 is 1.31 bits per heavy atom. The third-order valence-electron chi connectivity index (χ3n) is 1.92. The fraction of sp³-hybridized carbons (Fsp3) is 0.182. The summed E-state index contributed by atoms with van der Waals surface area (Å²) in [5, 5.41) is 0. The molecule has 0 heterocycles. The topological polar surface area (TPSA) is 17.1 Å². The molecule has 0 aliphatic carbocycles. The highest BCUT2D eigenvalue weighted by Gasteiger charge is 2.35. The molecule has 16 heavy (non-hydrogen) atoms. The van der Waals surface area contributed by atoms with E-state index in [1.807, 2.05) is 0 Å². The number of allylic oxidation sites excluding steroid dienone is 1. The highest BCUT2D eigenvalue weighted by atomic mass is 19.4. The first-order valence-corrected chi connectivity index (χ1v) is 4.30. The molecule has 0 radical (unpaired) electrons. The van der Waals surface area contributed by atoms with Gasteiger partial charge in [0.15, 0.2) is 5.78 Å². The molecule has 0 N–H and O–H groups in total. The Kier molecular flexibility index (Phi) is 3.16. The fourth-order valence-corrected chi connectivity index (χ4v) is 1.18. The molecule has 1 rings (SSSR count). The van der Waals surface area contributed by atoms with E-state index in [4.69, 9.17) is 0 Å². The van der Waals surface area contributed by atoms with Crippen LogP contribution in [-0.4, -0.2) is 5.78 Å². The first kappa shape index (κ1) is 12.4. The Hall–Kier alpha value is -1.65. The van der Waals surface area contributed by atoms with Crippen LogP contribution in [0.4, 0.5) is 17.6 Å². The first-order chi connectivity index (χ1) is 7.23. The minimum atomic E-state index is -4.69. The second-order valence-corrected chi connectivity index (χ2v) is 3.30. The van der Waals surface area contributed by atoms with E-state index in [0.29, 0.717) is 18.2 Å². The van der Waals surface area contributed by atoms with Crippen molar-refractivity contribution in [2.75, 3.05) is 0 Å². The molecule has 0 spiro atoms. The summed E-state index contributed by atoms with van der Waals surface area (Å²) in [6, 6.07) is 1.78. The van der Waals surface area contributed by atoms with Crippen molar-refractivity contribution in [2.45, 2.75) is 13.1 Å². The van der Waals surface area contributed by atoms with Crippen molar-refractivity contribution in [2.24, 2.45) is 0 Å². The van der Waals surface area contributed by atoms with Crippen LogP contribution in [0.25, 0.3) is 0 Å². The van der Waals surface area contributed by atoms with Gasteiger partial charge < -0.3 is 0 Å².